The van der Waals surface area contributed by atoms with Gasteiger partial charge in [-0.2, -0.15) is 0 Å². The second-order valence-corrected chi connectivity index (χ2v) is 4.09. The van der Waals surface area contributed by atoms with Crippen LogP contribution >= 0.6 is 23.2 Å². The molecule has 0 aliphatic carbocycles. The number of hydrogen-bond donors (Lipinski definition) is 0. The Hall–Kier alpha value is -1.25. The molecule has 4 heteroatoms. The van der Waals surface area contributed by atoms with Gasteiger partial charge in [0.1, 0.15) is 17.3 Å². The highest BCUT2D eigenvalue weighted by molar-refractivity contribution is 6.30. The van der Waals surface area contributed by atoms with Crippen molar-refractivity contribution in [2.45, 2.75) is 5.88 Å². The molecule has 0 bridgehead atoms. The van der Waals surface area contributed by atoms with Crippen LogP contribution in [-0.2, 0) is 5.88 Å². The van der Waals surface area contributed by atoms with Gasteiger partial charge in [0.05, 0.1) is 10.9 Å². The van der Waals surface area contributed by atoms with Gasteiger partial charge in [0.15, 0.2) is 0 Å². The van der Waals surface area contributed by atoms with Crippen LogP contribution in [0.5, 0.6) is 11.5 Å². The van der Waals surface area contributed by atoms with Gasteiger partial charge in [-0.05, 0) is 18.2 Å². The minimum absolute atomic E-state index is 0.0722. The van der Waals surface area contributed by atoms with E-state index in [0.717, 1.165) is 5.56 Å². The van der Waals surface area contributed by atoms with Gasteiger partial charge in [-0.3, -0.25) is 0 Å². The van der Waals surface area contributed by atoms with E-state index < -0.39 is 5.82 Å². The molecule has 0 unspecified atom stereocenters. The average molecular weight is 271 g/mol. The van der Waals surface area contributed by atoms with Crippen LogP contribution in [0.1, 0.15) is 5.56 Å². The van der Waals surface area contributed by atoms with Crippen molar-refractivity contribution in [1.82, 2.24) is 0 Å². The fourth-order valence-corrected chi connectivity index (χ4v) is 1.72. The topological polar surface area (TPSA) is 9.23 Å². The Morgan fingerprint density at radius 2 is 1.88 bits per heavy atom. The van der Waals surface area contributed by atoms with Crippen LogP contribution in [0, 0.1) is 5.82 Å². The van der Waals surface area contributed by atoms with E-state index in [0.29, 0.717) is 17.4 Å². The number of rotatable bonds is 3. The summed E-state index contributed by atoms with van der Waals surface area (Å²) in [6.07, 6.45) is 0. The first-order chi connectivity index (χ1) is 8.20. The molecule has 0 amide bonds. The Kier molecular flexibility index (Phi) is 3.87. The highest BCUT2D eigenvalue weighted by atomic mass is 35.5. The van der Waals surface area contributed by atoms with Gasteiger partial charge >= 0.3 is 0 Å². The maximum Gasteiger partial charge on any atom is 0.145 e. The minimum Gasteiger partial charge on any atom is -0.457 e. The maximum absolute atomic E-state index is 13.2. The summed E-state index contributed by atoms with van der Waals surface area (Å²) in [5.41, 5.74) is 0.851. The van der Waals surface area contributed by atoms with E-state index in [2.05, 4.69) is 0 Å². The van der Waals surface area contributed by atoms with Gasteiger partial charge in [-0.1, -0.05) is 29.8 Å². The summed E-state index contributed by atoms with van der Waals surface area (Å²) in [7, 11) is 0. The van der Waals surface area contributed by atoms with Gasteiger partial charge in [-0.15, -0.1) is 11.6 Å². The number of alkyl halides is 1. The van der Waals surface area contributed by atoms with Crippen molar-refractivity contribution in [3.05, 3.63) is 58.9 Å². The number of hydrogen-bond acceptors (Lipinski definition) is 1. The number of benzene rings is 2. The third-order valence-corrected chi connectivity index (χ3v) is 2.83. The molecule has 2 aromatic carbocycles. The molecular formula is C13H9Cl2FO. The molecule has 1 nitrogen and oxygen atoms in total. The first-order valence-electron chi connectivity index (χ1n) is 4.97. The Bertz CT molecular complexity index is 529. The third-order valence-electron chi connectivity index (χ3n) is 2.24. The van der Waals surface area contributed by atoms with Gasteiger partial charge in [-0.25, -0.2) is 4.39 Å². The Balaban J connectivity index is 2.28. The lowest BCUT2D eigenvalue weighted by Crippen LogP contribution is -1.90. The predicted molar refractivity (Wildman–Crippen MR) is 67.5 cm³/mol. The number of ether oxygens (including phenoxy) is 1. The molecular weight excluding hydrogens is 262 g/mol. The molecule has 0 fully saturated rings. The zero-order valence-electron chi connectivity index (χ0n) is 8.79. The normalized spacial score (nSPS) is 10.3. The van der Waals surface area contributed by atoms with Crippen molar-refractivity contribution in [2.75, 3.05) is 0 Å². The van der Waals surface area contributed by atoms with Gasteiger partial charge in [0.2, 0.25) is 0 Å². The molecule has 0 spiro atoms. The highest BCUT2D eigenvalue weighted by Gasteiger charge is 2.05. The van der Waals surface area contributed by atoms with Crippen molar-refractivity contribution >= 4 is 23.2 Å². The lowest BCUT2D eigenvalue weighted by Gasteiger charge is -2.09. The van der Waals surface area contributed by atoms with E-state index in [-0.39, 0.29) is 5.02 Å². The summed E-state index contributed by atoms with van der Waals surface area (Å²) in [6, 6.07) is 11.6. The fraction of sp³-hybridized carbons (Fsp3) is 0.0769. The van der Waals surface area contributed by atoms with Crippen molar-refractivity contribution in [3.63, 3.8) is 0 Å². The van der Waals surface area contributed by atoms with Crippen molar-refractivity contribution in [1.29, 1.82) is 0 Å². The van der Waals surface area contributed by atoms with Crippen LogP contribution in [0.4, 0.5) is 4.39 Å². The first kappa shape index (κ1) is 12.2. The molecule has 0 radical (unpaired) electrons. The zero-order chi connectivity index (χ0) is 12.3. The van der Waals surface area contributed by atoms with E-state index in [4.69, 9.17) is 27.9 Å². The van der Waals surface area contributed by atoms with E-state index in [1.807, 2.05) is 18.2 Å². The highest BCUT2D eigenvalue weighted by Crippen LogP contribution is 2.28. The second kappa shape index (κ2) is 5.39. The molecule has 0 N–H and O–H groups in total. The van der Waals surface area contributed by atoms with E-state index in [1.165, 1.54) is 12.1 Å². The van der Waals surface area contributed by atoms with Gasteiger partial charge in [0.25, 0.3) is 0 Å². The molecule has 0 atom stereocenters. The van der Waals surface area contributed by atoms with E-state index in [1.54, 1.807) is 12.1 Å². The summed E-state index contributed by atoms with van der Waals surface area (Å²) >= 11 is 11.4. The summed E-state index contributed by atoms with van der Waals surface area (Å²) in [5.74, 6) is 0.841. The van der Waals surface area contributed by atoms with E-state index >= 15 is 0 Å². The van der Waals surface area contributed by atoms with Crippen molar-refractivity contribution in [2.24, 2.45) is 0 Å². The van der Waals surface area contributed by atoms with Crippen LogP contribution in [0.2, 0.25) is 5.02 Å². The Labute approximate surface area is 109 Å². The molecule has 0 saturated heterocycles. The van der Waals surface area contributed by atoms with Crippen LogP contribution in [0.3, 0.4) is 0 Å². The molecule has 88 valence electrons. The van der Waals surface area contributed by atoms with Crippen LogP contribution in [-0.4, -0.2) is 0 Å². The zero-order valence-corrected chi connectivity index (χ0v) is 10.3. The van der Waals surface area contributed by atoms with Crippen molar-refractivity contribution in [3.8, 4) is 11.5 Å². The van der Waals surface area contributed by atoms with Crippen molar-refractivity contribution < 1.29 is 9.13 Å². The largest absolute Gasteiger partial charge is 0.457 e. The Morgan fingerprint density at radius 3 is 2.59 bits per heavy atom. The number of halogens is 3. The quantitative estimate of drug-likeness (QED) is 0.713. The maximum atomic E-state index is 13.2. The smallest absolute Gasteiger partial charge is 0.145 e. The Morgan fingerprint density at radius 1 is 1.12 bits per heavy atom. The molecule has 0 aromatic heterocycles. The standard InChI is InChI=1S/C13H9Cl2FO/c14-8-9-3-1-2-4-13(9)17-10-5-6-11(15)12(16)7-10/h1-7H,8H2. The lowest BCUT2D eigenvalue weighted by atomic mass is 10.2. The molecule has 0 heterocycles. The van der Waals surface area contributed by atoms with Gasteiger partial charge < -0.3 is 4.74 Å². The molecule has 17 heavy (non-hydrogen) atoms. The molecule has 0 aliphatic rings. The SMILES string of the molecule is Fc1cc(Oc2ccccc2CCl)ccc1Cl. The molecule has 2 aromatic rings. The predicted octanol–water partition coefficient (Wildman–Crippen LogP) is 5.01. The molecule has 0 saturated carbocycles. The second-order valence-electron chi connectivity index (χ2n) is 3.42. The van der Waals surface area contributed by atoms with Crippen LogP contribution < -0.4 is 4.74 Å². The van der Waals surface area contributed by atoms with Crippen LogP contribution in [0.15, 0.2) is 42.5 Å². The molecule has 0 aliphatic heterocycles. The first-order valence-corrected chi connectivity index (χ1v) is 5.88. The summed E-state index contributed by atoms with van der Waals surface area (Å²) in [5, 5.41) is 0.0722. The summed E-state index contributed by atoms with van der Waals surface area (Å²) in [4.78, 5) is 0. The lowest BCUT2D eigenvalue weighted by molar-refractivity contribution is 0.473. The monoisotopic (exact) mass is 270 g/mol. The summed E-state index contributed by atoms with van der Waals surface area (Å²) in [6.45, 7) is 0. The summed E-state index contributed by atoms with van der Waals surface area (Å²) < 4.78 is 18.8. The van der Waals surface area contributed by atoms with E-state index in [9.17, 15) is 4.39 Å². The number of para-hydroxylation sites is 1. The average Bonchev–Trinajstić information content (AvgIpc) is 2.34. The minimum atomic E-state index is -0.507. The van der Waals surface area contributed by atoms with Crippen LogP contribution in [0.25, 0.3) is 0 Å². The third kappa shape index (κ3) is 2.90. The molecule has 2 rings (SSSR count). The van der Waals surface area contributed by atoms with Gasteiger partial charge in [0, 0.05) is 11.6 Å². The fourth-order valence-electron chi connectivity index (χ4n) is 1.38.